The van der Waals surface area contributed by atoms with Crippen LogP contribution in [0.25, 0.3) is 0 Å². The topological polar surface area (TPSA) is 0 Å². The first-order valence-electron chi connectivity index (χ1n) is 6.65. The summed E-state index contributed by atoms with van der Waals surface area (Å²) in [6.07, 6.45) is -19.7. The van der Waals surface area contributed by atoms with Gasteiger partial charge in [0, 0.05) is 5.75 Å². The van der Waals surface area contributed by atoms with Gasteiger partial charge in [0.05, 0.1) is 10.3 Å². The zero-order chi connectivity index (χ0) is 21.3. The summed E-state index contributed by atoms with van der Waals surface area (Å²) >= 11 is 4.77. The summed E-state index contributed by atoms with van der Waals surface area (Å²) in [5.74, 6) is -7.48. The number of benzene rings is 1. The van der Waals surface area contributed by atoms with Crippen molar-refractivity contribution >= 4 is 23.4 Å². The van der Waals surface area contributed by atoms with Crippen LogP contribution in [0.5, 0.6) is 0 Å². The van der Waals surface area contributed by atoms with Gasteiger partial charge in [-0.05, 0) is 5.56 Å². The molecule has 0 N–H and O–H groups in total. The van der Waals surface area contributed by atoms with E-state index in [2.05, 4.69) is 0 Å². The van der Waals surface area contributed by atoms with Gasteiger partial charge < -0.3 is 0 Å². The predicted molar refractivity (Wildman–Crippen MR) is 77.6 cm³/mol. The first kappa shape index (κ1) is 23.9. The number of halogens is 12. The Morgan fingerprint density at radius 3 is 1.63 bits per heavy atom. The molecule has 1 atom stereocenters. The van der Waals surface area contributed by atoms with Gasteiger partial charge in [-0.2, -0.15) is 48.3 Å². The average molecular weight is 453 g/mol. The number of allylic oxidation sites excluding steroid dienone is 2. The minimum atomic E-state index is -6.67. The summed E-state index contributed by atoms with van der Waals surface area (Å²) in [4.78, 5) is -3.20. The van der Waals surface area contributed by atoms with Crippen LogP contribution in [-0.4, -0.2) is 30.2 Å². The third-order valence-corrected chi connectivity index (χ3v) is 4.81. The fourth-order valence-electron chi connectivity index (χ4n) is 1.78. The molecule has 0 fully saturated rings. The van der Waals surface area contributed by atoms with Gasteiger partial charge in [-0.15, -0.1) is 23.4 Å². The van der Waals surface area contributed by atoms with Crippen molar-refractivity contribution in [2.24, 2.45) is 0 Å². The molecule has 0 aliphatic carbocycles. The molecule has 0 nitrogen and oxygen atoms in total. The van der Waals surface area contributed by atoms with E-state index >= 15 is 0 Å². The summed E-state index contributed by atoms with van der Waals surface area (Å²) in [6, 6.07) is 6.80. The van der Waals surface area contributed by atoms with Crippen molar-refractivity contribution < 1.29 is 48.3 Å². The lowest BCUT2D eigenvalue weighted by molar-refractivity contribution is -0.264. The Labute approximate surface area is 154 Å². The highest BCUT2D eigenvalue weighted by atomic mass is 35.5. The molecule has 0 spiro atoms. The second-order valence-corrected chi connectivity index (χ2v) is 6.52. The quantitative estimate of drug-likeness (QED) is 0.334. The maximum Gasteiger partial charge on any atom is 0.458 e. The number of rotatable bonds is 5. The highest BCUT2D eigenvalue weighted by Gasteiger charge is 2.66. The second-order valence-electron chi connectivity index (χ2n) is 4.96. The van der Waals surface area contributed by atoms with Crippen LogP contribution in [0.15, 0.2) is 40.8 Å². The number of hydrogen-bond acceptors (Lipinski definition) is 1. The van der Waals surface area contributed by atoms with Crippen molar-refractivity contribution in [3.05, 3.63) is 46.4 Å². The molecular formula is C14H8ClF11S. The van der Waals surface area contributed by atoms with Crippen LogP contribution in [0, 0.1) is 0 Å². The van der Waals surface area contributed by atoms with Crippen LogP contribution in [0.2, 0.25) is 0 Å². The van der Waals surface area contributed by atoms with E-state index in [1.54, 1.807) is 0 Å². The van der Waals surface area contributed by atoms with Gasteiger partial charge in [0.2, 0.25) is 0 Å². The Morgan fingerprint density at radius 1 is 0.815 bits per heavy atom. The summed E-state index contributed by atoms with van der Waals surface area (Å²) in [7, 11) is 0. The molecule has 27 heavy (non-hydrogen) atoms. The van der Waals surface area contributed by atoms with Gasteiger partial charge in [-0.3, -0.25) is 0 Å². The fraction of sp³-hybridized carbons (Fsp3) is 0.429. The van der Waals surface area contributed by atoms with E-state index < -0.39 is 57.8 Å². The predicted octanol–water partition coefficient (Wildman–Crippen LogP) is 7.28. The highest BCUT2D eigenvalue weighted by molar-refractivity contribution is 8.03. The lowest BCUT2D eigenvalue weighted by Crippen LogP contribution is -2.41. The van der Waals surface area contributed by atoms with E-state index in [1.807, 2.05) is 0 Å². The molecule has 0 amide bonds. The molecule has 1 rings (SSSR count). The van der Waals surface area contributed by atoms with Crippen LogP contribution in [-0.2, 0) is 0 Å². The van der Waals surface area contributed by atoms with Gasteiger partial charge >= 0.3 is 24.5 Å². The molecule has 0 saturated carbocycles. The molecule has 0 heterocycles. The molecular weight excluding hydrogens is 445 g/mol. The molecule has 0 bridgehead atoms. The average Bonchev–Trinajstić information content (AvgIpc) is 2.47. The van der Waals surface area contributed by atoms with Gasteiger partial charge in [0.1, 0.15) is 0 Å². The van der Waals surface area contributed by atoms with Crippen LogP contribution in [0.4, 0.5) is 48.3 Å². The summed E-state index contributed by atoms with van der Waals surface area (Å²) in [5.41, 5.74) is -3.80. The summed E-state index contributed by atoms with van der Waals surface area (Å²) < 4.78 is 141. The molecule has 1 aromatic carbocycles. The Morgan fingerprint density at radius 2 is 1.26 bits per heavy atom. The molecule has 154 valence electrons. The first-order valence-corrected chi connectivity index (χ1v) is 8.07. The van der Waals surface area contributed by atoms with E-state index in [9.17, 15) is 48.3 Å². The third kappa shape index (κ3) is 5.90. The Balaban J connectivity index is 3.45. The van der Waals surface area contributed by atoms with Crippen molar-refractivity contribution in [2.45, 2.75) is 29.8 Å². The smallest absolute Gasteiger partial charge is 0.190 e. The zero-order valence-corrected chi connectivity index (χ0v) is 14.2. The lowest BCUT2D eigenvalue weighted by Gasteiger charge is -2.27. The van der Waals surface area contributed by atoms with Crippen LogP contribution in [0.1, 0.15) is 10.9 Å². The van der Waals surface area contributed by atoms with E-state index in [0.29, 0.717) is 0 Å². The Bertz CT molecular complexity index is 642. The van der Waals surface area contributed by atoms with Crippen LogP contribution >= 0.6 is 23.4 Å². The van der Waals surface area contributed by atoms with Crippen molar-refractivity contribution in [3.63, 3.8) is 0 Å². The van der Waals surface area contributed by atoms with E-state index in [-0.39, 0.29) is 5.56 Å². The highest BCUT2D eigenvalue weighted by Crippen LogP contribution is 2.53. The molecule has 0 aliphatic heterocycles. The maximum absolute atomic E-state index is 13.5. The summed E-state index contributed by atoms with van der Waals surface area (Å²) in [5, 5.41) is -1.42. The van der Waals surface area contributed by atoms with Crippen LogP contribution < -0.4 is 0 Å². The van der Waals surface area contributed by atoms with E-state index in [1.165, 1.54) is 30.3 Å². The van der Waals surface area contributed by atoms with Crippen molar-refractivity contribution in [3.8, 4) is 0 Å². The number of alkyl halides is 12. The van der Waals surface area contributed by atoms with Crippen molar-refractivity contribution in [1.82, 2.24) is 0 Å². The number of thioether (sulfide) groups is 1. The zero-order valence-electron chi connectivity index (χ0n) is 12.6. The summed E-state index contributed by atoms with van der Waals surface area (Å²) in [6.45, 7) is 0. The molecule has 0 radical (unpaired) electrons. The molecule has 0 aliphatic rings. The minimum absolute atomic E-state index is 0.113. The number of hydrogen-bond donors (Lipinski definition) is 0. The SMILES string of the molecule is FC(F)(F)C(=C(SCC(Cl)c1ccccc1)C(F)(F)C(F)(F)F)C(F)(F)F. The maximum atomic E-state index is 13.5. The molecule has 13 heteroatoms. The largest absolute Gasteiger partial charge is 0.458 e. The van der Waals surface area contributed by atoms with Gasteiger partial charge in [-0.1, -0.05) is 30.3 Å². The van der Waals surface area contributed by atoms with Crippen molar-refractivity contribution in [2.75, 3.05) is 5.75 Å². The molecule has 0 saturated heterocycles. The Kier molecular flexibility index (Phi) is 7.12. The lowest BCUT2D eigenvalue weighted by atomic mass is 10.1. The second kappa shape index (κ2) is 8.06. The Hall–Kier alpha value is -1.17. The standard InChI is InChI=1S/C14H8ClF11S/c15-8(7-4-2-1-3-5-7)6-27-10(11(16,17)14(24,25)26)9(12(18,19)20)13(21,22)23/h1-5,8H,6H2. The van der Waals surface area contributed by atoms with Gasteiger partial charge in [-0.25, -0.2) is 0 Å². The van der Waals surface area contributed by atoms with Crippen molar-refractivity contribution in [1.29, 1.82) is 0 Å². The molecule has 1 unspecified atom stereocenters. The third-order valence-electron chi connectivity index (χ3n) is 2.97. The first-order chi connectivity index (χ1) is 12.0. The van der Waals surface area contributed by atoms with E-state index in [0.717, 1.165) is 0 Å². The van der Waals surface area contributed by atoms with E-state index in [4.69, 9.17) is 11.6 Å². The monoisotopic (exact) mass is 452 g/mol. The van der Waals surface area contributed by atoms with Crippen LogP contribution in [0.3, 0.4) is 0 Å². The minimum Gasteiger partial charge on any atom is -0.190 e. The normalized spacial score (nSPS) is 14.8. The molecule has 0 aromatic heterocycles. The van der Waals surface area contributed by atoms with Gasteiger partial charge in [0.15, 0.2) is 5.57 Å². The molecule has 1 aromatic rings. The van der Waals surface area contributed by atoms with Gasteiger partial charge in [0.25, 0.3) is 0 Å². The fourth-order valence-corrected chi connectivity index (χ4v) is 3.29.